The number of halogens is 1. The lowest BCUT2D eigenvalue weighted by Gasteiger charge is -2.23. The summed E-state index contributed by atoms with van der Waals surface area (Å²) in [5, 5.41) is 3.63. The van der Waals surface area contributed by atoms with Crippen molar-refractivity contribution in [1.29, 1.82) is 0 Å². The third-order valence-corrected chi connectivity index (χ3v) is 4.77. The number of benzene rings is 2. The van der Waals surface area contributed by atoms with E-state index in [0.717, 1.165) is 6.54 Å². The number of methoxy groups -OCH3 is 1. The molecule has 0 unspecified atom stereocenters. The highest BCUT2D eigenvalue weighted by atomic mass is 19.1. The Balaban J connectivity index is 1.60. The van der Waals surface area contributed by atoms with Gasteiger partial charge in [0.25, 0.3) is 0 Å². The van der Waals surface area contributed by atoms with Crippen LogP contribution in [0.15, 0.2) is 42.5 Å². The van der Waals surface area contributed by atoms with Crippen LogP contribution in [-0.2, 0) is 13.2 Å². The molecule has 0 radical (unpaired) electrons. The molecule has 3 nitrogen and oxygen atoms in total. The molecule has 0 saturated heterocycles. The van der Waals surface area contributed by atoms with Crippen molar-refractivity contribution in [2.45, 2.75) is 51.3 Å². The summed E-state index contributed by atoms with van der Waals surface area (Å²) in [6, 6.07) is 13.2. The van der Waals surface area contributed by atoms with Gasteiger partial charge in [-0.05, 0) is 36.6 Å². The quantitative estimate of drug-likeness (QED) is 0.781. The van der Waals surface area contributed by atoms with E-state index < -0.39 is 0 Å². The van der Waals surface area contributed by atoms with E-state index in [1.54, 1.807) is 25.3 Å². The van der Waals surface area contributed by atoms with Crippen LogP contribution in [0.3, 0.4) is 0 Å². The van der Waals surface area contributed by atoms with Gasteiger partial charge in [0.05, 0.1) is 7.11 Å². The molecule has 0 bridgehead atoms. The maximum Gasteiger partial charge on any atom is 0.161 e. The van der Waals surface area contributed by atoms with Gasteiger partial charge in [0.15, 0.2) is 11.5 Å². The summed E-state index contributed by atoms with van der Waals surface area (Å²) in [5.41, 5.74) is 1.70. The van der Waals surface area contributed by atoms with Gasteiger partial charge in [-0.3, -0.25) is 0 Å². The molecule has 0 aromatic heterocycles. The minimum Gasteiger partial charge on any atom is -0.493 e. The predicted octanol–water partition coefficient (Wildman–Crippen LogP) is 4.84. The van der Waals surface area contributed by atoms with Crippen LogP contribution in [0.1, 0.15) is 43.2 Å². The zero-order chi connectivity index (χ0) is 17.5. The van der Waals surface area contributed by atoms with Crippen LogP contribution in [0.5, 0.6) is 11.5 Å². The number of ether oxygens (including phenoxy) is 2. The fraction of sp³-hybridized carbons (Fsp3) is 0.429. The Bertz CT molecular complexity index is 683. The summed E-state index contributed by atoms with van der Waals surface area (Å²) in [7, 11) is 1.63. The van der Waals surface area contributed by atoms with Gasteiger partial charge in [0.2, 0.25) is 0 Å². The average molecular weight is 343 g/mol. The topological polar surface area (TPSA) is 30.5 Å². The standard InChI is InChI=1S/C21H26FNO2/c1-24-21-13-16(14-23-18-8-3-2-4-9-18)11-12-20(21)25-15-17-7-5-6-10-19(17)22/h5-7,10-13,18,23H,2-4,8-9,14-15H2,1H3. The maximum absolute atomic E-state index is 13.7. The lowest BCUT2D eigenvalue weighted by Crippen LogP contribution is -2.30. The largest absolute Gasteiger partial charge is 0.493 e. The van der Waals surface area contributed by atoms with Crippen LogP contribution in [0.25, 0.3) is 0 Å². The first-order chi connectivity index (χ1) is 12.3. The molecular formula is C21H26FNO2. The first-order valence-electron chi connectivity index (χ1n) is 9.03. The first kappa shape index (κ1) is 17.7. The SMILES string of the molecule is COc1cc(CNC2CCCCC2)ccc1OCc1ccccc1F. The summed E-state index contributed by atoms with van der Waals surface area (Å²) in [6.45, 7) is 1.01. The van der Waals surface area contributed by atoms with Crippen LogP contribution in [-0.4, -0.2) is 13.2 Å². The summed E-state index contributed by atoms with van der Waals surface area (Å²) in [6.07, 6.45) is 6.54. The van der Waals surface area contributed by atoms with Crippen molar-refractivity contribution >= 4 is 0 Å². The lowest BCUT2D eigenvalue weighted by atomic mass is 9.95. The third kappa shape index (κ3) is 4.95. The van der Waals surface area contributed by atoms with E-state index in [-0.39, 0.29) is 12.4 Å². The predicted molar refractivity (Wildman–Crippen MR) is 97.4 cm³/mol. The van der Waals surface area contributed by atoms with Crippen molar-refractivity contribution in [1.82, 2.24) is 5.32 Å². The number of nitrogens with one attached hydrogen (secondary N) is 1. The van der Waals surface area contributed by atoms with E-state index >= 15 is 0 Å². The molecule has 2 aromatic rings. The zero-order valence-corrected chi connectivity index (χ0v) is 14.8. The number of hydrogen-bond donors (Lipinski definition) is 1. The maximum atomic E-state index is 13.7. The van der Waals surface area contributed by atoms with Crippen molar-refractivity contribution < 1.29 is 13.9 Å². The smallest absolute Gasteiger partial charge is 0.161 e. The molecular weight excluding hydrogens is 317 g/mol. The Morgan fingerprint density at radius 2 is 1.84 bits per heavy atom. The van der Waals surface area contributed by atoms with Gasteiger partial charge in [-0.15, -0.1) is 0 Å². The molecule has 0 spiro atoms. The molecule has 4 heteroatoms. The average Bonchev–Trinajstić information content (AvgIpc) is 2.67. The van der Waals surface area contributed by atoms with Crippen molar-refractivity contribution in [2.75, 3.05) is 7.11 Å². The minimum atomic E-state index is -0.255. The van der Waals surface area contributed by atoms with E-state index in [0.29, 0.717) is 23.1 Å². The van der Waals surface area contributed by atoms with E-state index in [9.17, 15) is 4.39 Å². The van der Waals surface area contributed by atoms with Crippen molar-refractivity contribution in [3.8, 4) is 11.5 Å². The molecule has 3 rings (SSSR count). The molecule has 0 amide bonds. The molecule has 134 valence electrons. The summed E-state index contributed by atoms with van der Waals surface area (Å²) < 4.78 is 24.9. The Labute approximate surface area is 149 Å². The van der Waals surface area contributed by atoms with E-state index in [1.165, 1.54) is 43.7 Å². The first-order valence-corrected chi connectivity index (χ1v) is 9.03. The van der Waals surface area contributed by atoms with Gasteiger partial charge in [-0.2, -0.15) is 0 Å². The van der Waals surface area contributed by atoms with Crippen LogP contribution in [0.4, 0.5) is 4.39 Å². The number of hydrogen-bond acceptors (Lipinski definition) is 3. The molecule has 0 atom stereocenters. The summed E-state index contributed by atoms with van der Waals surface area (Å²) in [5.74, 6) is 1.06. The highest BCUT2D eigenvalue weighted by Gasteiger charge is 2.13. The van der Waals surface area contributed by atoms with Crippen LogP contribution in [0, 0.1) is 5.82 Å². The van der Waals surface area contributed by atoms with Gasteiger partial charge in [-0.25, -0.2) is 4.39 Å². The Kier molecular flexibility index (Phi) is 6.29. The fourth-order valence-corrected chi connectivity index (χ4v) is 3.28. The molecule has 1 fully saturated rings. The van der Waals surface area contributed by atoms with Crippen LogP contribution in [0.2, 0.25) is 0 Å². The number of rotatable bonds is 7. The highest BCUT2D eigenvalue weighted by molar-refractivity contribution is 5.43. The van der Waals surface area contributed by atoms with Gasteiger partial charge >= 0.3 is 0 Å². The fourth-order valence-electron chi connectivity index (χ4n) is 3.28. The van der Waals surface area contributed by atoms with Crippen molar-refractivity contribution in [2.24, 2.45) is 0 Å². The van der Waals surface area contributed by atoms with E-state index in [1.807, 2.05) is 18.2 Å². The van der Waals surface area contributed by atoms with Gasteiger partial charge in [0, 0.05) is 18.2 Å². The molecule has 2 aromatic carbocycles. The van der Waals surface area contributed by atoms with E-state index in [4.69, 9.17) is 9.47 Å². The third-order valence-electron chi connectivity index (χ3n) is 4.77. The Hall–Kier alpha value is -2.07. The van der Waals surface area contributed by atoms with Crippen LogP contribution < -0.4 is 14.8 Å². The summed E-state index contributed by atoms with van der Waals surface area (Å²) >= 11 is 0. The lowest BCUT2D eigenvalue weighted by molar-refractivity contribution is 0.279. The second kappa shape index (κ2) is 8.86. The molecule has 0 aliphatic heterocycles. The normalized spacial score (nSPS) is 15.1. The van der Waals surface area contributed by atoms with Crippen molar-refractivity contribution in [3.63, 3.8) is 0 Å². The Morgan fingerprint density at radius 1 is 1.04 bits per heavy atom. The second-order valence-corrected chi connectivity index (χ2v) is 6.58. The monoisotopic (exact) mass is 343 g/mol. The van der Waals surface area contributed by atoms with Gasteiger partial charge in [-0.1, -0.05) is 43.5 Å². The molecule has 0 heterocycles. The second-order valence-electron chi connectivity index (χ2n) is 6.58. The van der Waals surface area contributed by atoms with Crippen LogP contribution >= 0.6 is 0 Å². The van der Waals surface area contributed by atoms with Crippen molar-refractivity contribution in [3.05, 3.63) is 59.4 Å². The van der Waals surface area contributed by atoms with Gasteiger partial charge in [0.1, 0.15) is 12.4 Å². The summed E-state index contributed by atoms with van der Waals surface area (Å²) in [4.78, 5) is 0. The Morgan fingerprint density at radius 3 is 2.60 bits per heavy atom. The van der Waals surface area contributed by atoms with Gasteiger partial charge < -0.3 is 14.8 Å². The molecule has 25 heavy (non-hydrogen) atoms. The molecule has 1 N–H and O–H groups in total. The molecule has 1 aliphatic rings. The minimum absolute atomic E-state index is 0.183. The molecule has 1 saturated carbocycles. The zero-order valence-electron chi connectivity index (χ0n) is 14.8. The molecule has 1 aliphatic carbocycles. The highest BCUT2D eigenvalue weighted by Crippen LogP contribution is 2.29. The van der Waals surface area contributed by atoms with E-state index in [2.05, 4.69) is 5.32 Å².